The number of hydrogen-bond donors (Lipinski definition) is 2. The van der Waals surface area contributed by atoms with Gasteiger partial charge in [-0.25, -0.2) is 17.5 Å². The topological polar surface area (TPSA) is 72.9 Å². The van der Waals surface area contributed by atoms with E-state index in [4.69, 9.17) is 0 Å². The molecule has 0 radical (unpaired) electrons. The minimum Gasteiger partial charge on any atom is -0.365 e. The molecule has 0 aromatic heterocycles. The number of rotatable bonds is 7. The monoisotopic (exact) mass is 447 g/mol. The second-order valence-electron chi connectivity index (χ2n) is 8.73. The average molecular weight is 448 g/mol. The highest BCUT2D eigenvalue weighted by atomic mass is 32.2. The standard InChI is InChI=1S/C23H30FN3O3S/c1-16-9-11-26(16)23(28)27-12-10-21(25-31(2,29)30)22(27)14-17-5-3-6-18(13-17)19-7-4-8-20(24)15-19/h3-8,13,15-16,21-23,25,28H,9-12,14H2,1-2H3/t16?,21-,22-,23?/m0/s1. The summed E-state index contributed by atoms with van der Waals surface area (Å²) in [6.07, 6.45) is 2.71. The number of benzene rings is 2. The normalized spacial score (nSPS) is 26.0. The van der Waals surface area contributed by atoms with Crippen LogP contribution in [0.3, 0.4) is 0 Å². The lowest BCUT2D eigenvalue weighted by molar-refractivity contribution is -0.162. The Balaban J connectivity index is 1.59. The van der Waals surface area contributed by atoms with Crippen LogP contribution < -0.4 is 4.72 Å². The molecule has 2 aromatic rings. The van der Waals surface area contributed by atoms with Gasteiger partial charge in [0.05, 0.1) is 6.26 Å². The largest absolute Gasteiger partial charge is 0.365 e. The fourth-order valence-electron chi connectivity index (χ4n) is 4.69. The fraction of sp³-hybridized carbons (Fsp3) is 0.478. The van der Waals surface area contributed by atoms with Gasteiger partial charge in [-0.2, -0.15) is 0 Å². The minimum atomic E-state index is -3.37. The summed E-state index contributed by atoms with van der Waals surface area (Å²) in [6.45, 7) is 3.54. The maximum absolute atomic E-state index is 13.7. The Kier molecular flexibility index (Phi) is 6.46. The zero-order chi connectivity index (χ0) is 22.2. The highest BCUT2D eigenvalue weighted by Crippen LogP contribution is 2.30. The lowest BCUT2D eigenvalue weighted by atomic mass is 9.96. The lowest BCUT2D eigenvalue weighted by Crippen LogP contribution is -2.61. The number of hydrogen-bond acceptors (Lipinski definition) is 5. The predicted molar refractivity (Wildman–Crippen MR) is 119 cm³/mol. The van der Waals surface area contributed by atoms with E-state index in [1.165, 1.54) is 18.4 Å². The van der Waals surface area contributed by atoms with E-state index in [1.54, 1.807) is 6.07 Å². The first kappa shape index (κ1) is 22.4. The Morgan fingerprint density at radius 3 is 2.39 bits per heavy atom. The quantitative estimate of drug-likeness (QED) is 0.682. The molecule has 0 aliphatic carbocycles. The van der Waals surface area contributed by atoms with E-state index in [0.29, 0.717) is 25.4 Å². The molecule has 0 saturated carbocycles. The number of nitrogens with one attached hydrogen (secondary N) is 1. The first-order valence-corrected chi connectivity index (χ1v) is 12.6. The van der Waals surface area contributed by atoms with Gasteiger partial charge in [0.25, 0.3) is 0 Å². The first-order chi connectivity index (χ1) is 14.7. The molecule has 2 aliphatic rings. The van der Waals surface area contributed by atoms with Crippen LogP contribution in [0.25, 0.3) is 11.1 Å². The maximum Gasteiger partial charge on any atom is 0.209 e. The van der Waals surface area contributed by atoms with Gasteiger partial charge in [-0.1, -0.05) is 36.4 Å². The van der Waals surface area contributed by atoms with Crippen LogP contribution >= 0.6 is 0 Å². The van der Waals surface area contributed by atoms with Crippen molar-refractivity contribution in [2.45, 2.75) is 50.7 Å². The SMILES string of the molecule is CC1CCN1C(O)N1CC[C@H](NS(C)(=O)=O)[C@@H]1Cc1cccc(-c2cccc(F)c2)c1. The molecule has 168 valence electrons. The van der Waals surface area contributed by atoms with Crippen LogP contribution in [0.5, 0.6) is 0 Å². The van der Waals surface area contributed by atoms with Crippen LogP contribution in [-0.4, -0.2) is 67.1 Å². The minimum absolute atomic E-state index is 0.180. The molecule has 2 aromatic carbocycles. The maximum atomic E-state index is 13.7. The van der Waals surface area contributed by atoms with Gasteiger partial charge in [0.15, 0.2) is 6.35 Å². The number of nitrogens with zero attached hydrogens (tertiary/aromatic N) is 2. The molecule has 2 fully saturated rings. The van der Waals surface area contributed by atoms with Gasteiger partial charge in [-0.15, -0.1) is 0 Å². The molecule has 2 unspecified atom stereocenters. The van der Waals surface area contributed by atoms with E-state index in [0.717, 1.165) is 29.7 Å². The van der Waals surface area contributed by atoms with Crippen molar-refractivity contribution in [1.82, 2.24) is 14.5 Å². The molecule has 4 atom stereocenters. The van der Waals surface area contributed by atoms with Crippen molar-refractivity contribution in [2.75, 3.05) is 19.3 Å². The van der Waals surface area contributed by atoms with E-state index >= 15 is 0 Å². The van der Waals surface area contributed by atoms with Crippen molar-refractivity contribution >= 4 is 10.0 Å². The summed E-state index contributed by atoms with van der Waals surface area (Å²) in [7, 11) is -3.37. The number of likely N-dealkylation sites (tertiary alicyclic amines) is 2. The summed E-state index contributed by atoms with van der Waals surface area (Å²) in [6, 6.07) is 14.2. The summed E-state index contributed by atoms with van der Waals surface area (Å²) in [5.74, 6) is -0.283. The summed E-state index contributed by atoms with van der Waals surface area (Å²) in [4.78, 5) is 4.05. The molecule has 0 spiro atoms. The summed E-state index contributed by atoms with van der Waals surface area (Å²) < 4.78 is 40.3. The zero-order valence-electron chi connectivity index (χ0n) is 17.9. The van der Waals surface area contributed by atoms with Crippen LogP contribution in [0.4, 0.5) is 4.39 Å². The van der Waals surface area contributed by atoms with Crippen LogP contribution in [0.15, 0.2) is 48.5 Å². The molecule has 4 rings (SSSR count). The average Bonchev–Trinajstić information content (AvgIpc) is 3.07. The van der Waals surface area contributed by atoms with Gasteiger partial charge < -0.3 is 5.11 Å². The molecular formula is C23H30FN3O3S. The fourth-order valence-corrected chi connectivity index (χ4v) is 5.52. The van der Waals surface area contributed by atoms with E-state index in [2.05, 4.69) is 11.6 Å². The molecule has 8 heteroatoms. The Labute approximate surface area is 183 Å². The molecule has 0 amide bonds. The van der Waals surface area contributed by atoms with E-state index < -0.39 is 16.4 Å². The number of aliphatic hydroxyl groups is 1. The zero-order valence-corrected chi connectivity index (χ0v) is 18.7. The highest BCUT2D eigenvalue weighted by Gasteiger charge is 2.43. The van der Waals surface area contributed by atoms with E-state index in [9.17, 15) is 17.9 Å². The number of aliphatic hydroxyl groups excluding tert-OH is 1. The Morgan fingerprint density at radius 2 is 1.77 bits per heavy atom. The molecule has 2 N–H and O–H groups in total. The van der Waals surface area contributed by atoms with Crippen molar-refractivity contribution in [3.8, 4) is 11.1 Å². The predicted octanol–water partition coefficient (Wildman–Crippen LogP) is 2.40. The van der Waals surface area contributed by atoms with Gasteiger partial charge in [0.1, 0.15) is 5.82 Å². The van der Waals surface area contributed by atoms with E-state index in [1.807, 2.05) is 40.1 Å². The van der Waals surface area contributed by atoms with Gasteiger partial charge in [-0.05, 0) is 55.0 Å². The van der Waals surface area contributed by atoms with Gasteiger partial charge in [-0.3, -0.25) is 9.80 Å². The third-order valence-corrected chi connectivity index (χ3v) is 7.18. The number of sulfonamides is 1. The molecule has 2 saturated heterocycles. The molecular weight excluding hydrogens is 417 g/mol. The molecule has 31 heavy (non-hydrogen) atoms. The third kappa shape index (κ3) is 5.15. The smallest absolute Gasteiger partial charge is 0.209 e. The summed E-state index contributed by atoms with van der Waals surface area (Å²) >= 11 is 0. The van der Waals surface area contributed by atoms with Crippen LogP contribution in [-0.2, 0) is 16.4 Å². The molecule has 6 nitrogen and oxygen atoms in total. The second-order valence-corrected chi connectivity index (χ2v) is 10.5. The van der Waals surface area contributed by atoms with Crippen LogP contribution in [0, 0.1) is 5.82 Å². The van der Waals surface area contributed by atoms with Crippen LogP contribution in [0.1, 0.15) is 25.3 Å². The van der Waals surface area contributed by atoms with Crippen molar-refractivity contribution in [1.29, 1.82) is 0 Å². The summed E-state index contributed by atoms with van der Waals surface area (Å²) in [5, 5.41) is 11.0. The lowest BCUT2D eigenvalue weighted by Gasteiger charge is -2.46. The van der Waals surface area contributed by atoms with Crippen molar-refractivity contribution in [3.63, 3.8) is 0 Å². The Morgan fingerprint density at radius 1 is 1.10 bits per heavy atom. The van der Waals surface area contributed by atoms with Crippen molar-refractivity contribution in [2.24, 2.45) is 0 Å². The van der Waals surface area contributed by atoms with Gasteiger partial charge in [0, 0.05) is 31.2 Å². The first-order valence-electron chi connectivity index (χ1n) is 10.7. The third-order valence-electron chi connectivity index (χ3n) is 6.45. The Bertz CT molecular complexity index is 1030. The van der Waals surface area contributed by atoms with Crippen LogP contribution in [0.2, 0.25) is 0 Å². The highest BCUT2D eigenvalue weighted by molar-refractivity contribution is 7.88. The summed E-state index contributed by atoms with van der Waals surface area (Å²) in [5.41, 5.74) is 2.72. The van der Waals surface area contributed by atoms with Gasteiger partial charge >= 0.3 is 0 Å². The van der Waals surface area contributed by atoms with E-state index in [-0.39, 0.29) is 17.9 Å². The molecule has 2 heterocycles. The van der Waals surface area contributed by atoms with Crippen molar-refractivity contribution < 1.29 is 17.9 Å². The second kappa shape index (κ2) is 8.96. The Hall–Kier alpha value is -1.84. The molecule has 2 aliphatic heterocycles. The van der Waals surface area contributed by atoms with Gasteiger partial charge in [0.2, 0.25) is 10.0 Å². The van der Waals surface area contributed by atoms with Crippen molar-refractivity contribution in [3.05, 3.63) is 59.9 Å². The molecule has 0 bridgehead atoms. The number of halogens is 1.